The van der Waals surface area contributed by atoms with Gasteiger partial charge < -0.3 is 14.6 Å². The van der Waals surface area contributed by atoms with Gasteiger partial charge >= 0.3 is 0 Å². The zero-order valence-electron chi connectivity index (χ0n) is 18.6. The second-order valence-electron chi connectivity index (χ2n) is 7.82. The fourth-order valence-corrected chi connectivity index (χ4v) is 3.88. The van der Waals surface area contributed by atoms with Crippen LogP contribution in [0.15, 0.2) is 36.4 Å². The molecule has 0 aliphatic carbocycles. The number of hydrogen-bond acceptors (Lipinski definition) is 6. The molecule has 3 aromatic rings. The first-order valence-electron chi connectivity index (χ1n) is 9.91. The van der Waals surface area contributed by atoms with Crippen LogP contribution in [0.3, 0.4) is 0 Å². The fraction of sp³-hybridized carbons (Fsp3) is 0.375. The molecule has 0 radical (unpaired) electrons. The zero-order valence-corrected chi connectivity index (χ0v) is 18.6. The van der Waals surface area contributed by atoms with Gasteiger partial charge in [0, 0.05) is 59.0 Å². The van der Waals surface area contributed by atoms with Crippen LogP contribution in [0.1, 0.15) is 51.4 Å². The van der Waals surface area contributed by atoms with E-state index >= 15 is 0 Å². The van der Waals surface area contributed by atoms with E-state index in [-0.39, 0.29) is 0 Å². The van der Waals surface area contributed by atoms with Crippen LogP contribution in [0.4, 0.5) is 0 Å². The summed E-state index contributed by atoms with van der Waals surface area (Å²) >= 11 is 0. The summed E-state index contributed by atoms with van der Waals surface area (Å²) in [4.78, 5) is 13.3. The predicted octanol–water partition coefficient (Wildman–Crippen LogP) is 4.33. The van der Waals surface area contributed by atoms with Crippen molar-refractivity contribution in [2.45, 2.75) is 53.4 Å². The maximum absolute atomic E-state index is 12.0. The first-order chi connectivity index (χ1) is 14.1. The summed E-state index contributed by atoms with van der Waals surface area (Å²) in [6.45, 7) is 11.4. The van der Waals surface area contributed by atoms with Gasteiger partial charge in [-0.25, -0.2) is 0 Å². The third kappa shape index (κ3) is 4.66. The quantitative estimate of drug-likeness (QED) is 0.613. The van der Waals surface area contributed by atoms with Crippen molar-refractivity contribution in [3.63, 3.8) is 0 Å². The molecule has 2 atom stereocenters. The van der Waals surface area contributed by atoms with Gasteiger partial charge in [-0.15, -0.1) is 0 Å². The minimum absolute atomic E-state index is 0.513. The van der Waals surface area contributed by atoms with Gasteiger partial charge in [-0.3, -0.25) is 15.0 Å². The third-order valence-corrected chi connectivity index (χ3v) is 4.82. The summed E-state index contributed by atoms with van der Waals surface area (Å²) < 4.78 is 12.1. The molecule has 0 bridgehead atoms. The Morgan fingerprint density at radius 3 is 1.53 bits per heavy atom. The van der Waals surface area contributed by atoms with Crippen LogP contribution in [0.2, 0.25) is 0 Å². The second-order valence-corrected chi connectivity index (χ2v) is 7.82. The van der Waals surface area contributed by atoms with Crippen molar-refractivity contribution in [1.29, 1.82) is 0 Å². The molecule has 3 aromatic heterocycles. The van der Waals surface area contributed by atoms with E-state index in [1.807, 2.05) is 65.8 Å². The lowest BCUT2D eigenvalue weighted by molar-refractivity contribution is -0.226. The van der Waals surface area contributed by atoms with E-state index < -0.39 is 11.9 Å². The van der Waals surface area contributed by atoms with Crippen LogP contribution in [0.25, 0.3) is 0 Å². The van der Waals surface area contributed by atoms with Gasteiger partial charge in [0.15, 0.2) is 6.10 Å². The molecule has 30 heavy (non-hydrogen) atoms. The van der Waals surface area contributed by atoms with Gasteiger partial charge in [0.05, 0.1) is 0 Å². The van der Waals surface area contributed by atoms with Crippen molar-refractivity contribution in [1.82, 2.24) is 15.0 Å². The lowest BCUT2D eigenvalue weighted by Gasteiger charge is -2.36. The van der Waals surface area contributed by atoms with Crippen LogP contribution >= 0.6 is 0 Å². The normalized spacial score (nSPS) is 14.3. The van der Waals surface area contributed by atoms with E-state index in [1.54, 1.807) is 19.2 Å². The SMILES string of the molecule is COC(c1cc(C)nc(C)c1)C(O)(Oc1cc(C)nc(C)c1)c1cc(C)nc(C)c1. The standard InChI is InChI=1S/C24H29N3O3/c1-14-8-20(9-15(2)25-14)23(29-7)24(28,21-10-16(3)26-17(4)11-21)30-22-12-18(5)27-19(6)13-22/h8-13,23,28H,1-7H3. The minimum Gasteiger partial charge on any atom is -0.455 e. The van der Waals surface area contributed by atoms with E-state index in [1.165, 1.54) is 0 Å². The molecular formula is C24H29N3O3. The van der Waals surface area contributed by atoms with Gasteiger partial charge in [0.25, 0.3) is 5.79 Å². The zero-order chi connectivity index (χ0) is 22.1. The first-order valence-corrected chi connectivity index (χ1v) is 9.91. The highest BCUT2D eigenvalue weighted by Crippen LogP contribution is 2.40. The fourth-order valence-electron chi connectivity index (χ4n) is 3.88. The number of aliphatic hydroxyl groups is 1. The smallest absolute Gasteiger partial charge is 0.265 e. The van der Waals surface area contributed by atoms with E-state index in [0.717, 1.165) is 39.7 Å². The highest BCUT2D eigenvalue weighted by atomic mass is 16.7. The molecule has 0 aliphatic rings. The Hall–Kier alpha value is -2.83. The second kappa shape index (κ2) is 8.50. The molecule has 0 saturated heterocycles. The number of aryl methyl sites for hydroxylation is 6. The molecule has 0 amide bonds. The molecule has 1 N–H and O–H groups in total. The lowest BCUT2D eigenvalue weighted by Crippen LogP contribution is -2.41. The van der Waals surface area contributed by atoms with Crippen LogP contribution in [0.5, 0.6) is 5.75 Å². The Kier molecular flexibility index (Phi) is 6.19. The number of ether oxygens (including phenoxy) is 2. The first kappa shape index (κ1) is 21.9. The number of methoxy groups -OCH3 is 1. The lowest BCUT2D eigenvalue weighted by atomic mass is 9.93. The molecule has 2 unspecified atom stereocenters. The average Bonchev–Trinajstić information content (AvgIpc) is 2.59. The highest BCUT2D eigenvalue weighted by molar-refractivity contribution is 5.34. The number of aromatic nitrogens is 3. The van der Waals surface area contributed by atoms with Crippen molar-refractivity contribution < 1.29 is 14.6 Å². The molecule has 3 rings (SSSR count). The van der Waals surface area contributed by atoms with Gasteiger partial charge in [-0.2, -0.15) is 0 Å². The largest absolute Gasteiger partial charge is 0.455 e. The Morgan fingerprint density at radius 2 is 1.10 bits per heavy atom. The van der Waals surface area contributed by atoms with Crippen molar-refractivity contribution in [3.05, 3.63) is 81.7 Å². The Balaban J connectivity index is 2.21. The Morgan fingerprint density at radius 1 is 0.700 bits per heavy atom. The average molecular weight is 408 g/mol. The van der Waals surface area contributed by atoms with Crippen LogP contribution in [-0.4, -0.2) is 27.2 Å². The number of pyridine rings is 3. The summed E-state index contributed by atoms with van der Waals surface area (Å²) in [6, 6.07) is 11.0. The Labute approximate surface area is 178 Å². The van der Waals surface area contributed by atoms with Crippen molar-refractivity contribution in [2.24, 2.45) is 0 Å². The molecule has 3 heterocycles. The van der Waals surface area contributed by atoms with Gasteiger partial charge in [0.1, 0.15) is 5.75 Å². The maximum atomic E-state index is 12.0. The summed E-state index contributed by atoms with van der Waals surface area (Å²) in [7, 11) is 1.56. The van der Waals surface area contributed by atoms with Crippen molar-refractivity contribution in [2.75, 3.05) is 7.11 Å². The van der Waals surface area contributed by atoms with Crippen LogP contribution < -0.4 is 4.74 Å². The molecule has 158 valence electrons. The number of rotatable bonds is 6. The molecule has 0 aromatic carbocycles. The molecule has 0 fully saturated rings. The topological polar surface area (TPSA) is 77.4 Å². The van der Waals surface area contributed by atoms with Gasteiger partial charge in [0.2, 0.25) is 0 Å². The van der Waals surface area contributed by atoms with Crippen LogP contribution in [0, 0.1) is 41.5 Å². The minimum atomic E-state index is -1.80. The summed E-state index contributed by atoms with van der Waals surface area (Å²) in [5.41, 5.74) is 6.20. The van der Waals surface area contributed by atoms with E-state index in [2.05, 4.69) is 15.0 Å². The maximum Gasteiger partial charge on any atom is 0.265 e. The summed E-state index contributed by atoms with van der Waals surface area (Å²) in [5.74, 6) is -1.28. The van der Waals surface area contributed by atoms with Crippen molar-refractivity contribution in [3.8, 4) is 5.75 Å². The molecule has 6 nitrogen and oxygen atoms in total. The Bertz CT molecular complexity index is 1010. The number of hydrogen-bond donors (Lipinski definition) is 1. The van der Waals surface area contributed by atoms with Crippen molar-refractivity contribution >= 4 is 0 Å². The van der Waals surface area contributed by atoms with Crippen LogP contribution in [-0.2, 0) is 10.5 Å². The molecule has 6 heteroatoms. The molecule has 0 saturated carbocycles. The summed E-state index contributed by atoms with van der Waals surface area (Å²) in [5, 5.41) is 12.0. The molecule has 0 aliphatic heterocycles. The van der Waals surface area contributed by atoms with Gasteiger partial charge in [-0.1, -0.05) is 0 Å². The molecular weight excluding hydrogens is 378 g/mol. The third-order valence-electron chi connectivity index (χ3n) is 4.82. The summed E-state index contributed by atoms with van der Waals surface area (Å²) in [6.07, 6.45) is -0.798. The van der Waals surface area contributed by atoms with Gasteiger partial charge in [-0.05, 0) is 71.4 Å². The molecule has 0 spiro atoms. The van der Waals surface area contributed by atoms with E-state index in [9.17, 15) is 5.11 Å². The van der Waals surface area contributed by atoms with E-state index in [4.69, 9.17) is 9.47 Å². The number of nitrogens with zero attached hydrogens (tertiary/aromatic N) is 3. The van der Waals surface area contributed by atoms with E-state index in [0.29, 0.717) is 11.3 Å². The monoisotopic (exact) mass is 407 g/mol. The predicted molar refractivity (Wildman–Crippen MR) is 115 cm³/mol. The highest BCUT2D eigenvalue weighted by Gasteiger charge is 2.43.